The van der Waals surface area contributed by atoms with Gasteiger partial charge in [-0.15, -0.1) is 0 Å². The molecule has 122 valence electrons. The van der Waals surface area contributed by atoms with Crippen molar-refractivity contribution in [3.63, 3.8) is 0 Å². The van der Waals surface area contributed by atoms with E-state index in [0.717, 1.165) is 18.8 Å². The molecule has 0 aromatic carbocycles. The van der Waals surface area contributed by atoms with Crippen molar-refractivity contribution in [1.29, 1.82) is 0 Å². The minimum absolute atomic E-state index is 0.0429. The van der Waals surface area contributed by atoms with Gasteiger partial charge in [-0.3, -0.25) is 0 Å². The molecule has 22 heavy (non-hydrogen) atoms. The van der Waals surface area contributed by atoms with Crippen molar-refractivity contribution in [1.82, 2.24) is 15.3 Å². The zero-order chi connectivity index (χ0) is 16.3. The van der Waals surface area contributed by atoms with Crippen LogP contribution in [0.1, 0.15) is 27.2 Å². The molecule has 1 aromatic rings. The van der Waals surface area contributed by atoms with Gasteiger partial charge in [-0.1, -0.05) is 23.4 Å². The number of halogens is 1. The van der Waals surface area contributed by atoms with Crippen LogP contribution >= 0.6 is 23.4 Å². The predicted octanol–water partition coefficient (Wildman–Crippen LogP) is 2.96. The summed E-state index contributed by atoms with van der Waals surface area (Å²) in [5, 5.41) is 3.97. The van der Waals surface area contributed by atoms with Gasteiger partial charge in [0.05, 0.1) is 6.04 Å². The molecule has 8 heteroatoms. The van der Waals surface area contributed by atoms with Crippen molar-refractivity contribution in [3.8, 4) is 0 Å². The molecule has 1 aliphatic heterocycles. The van der Waals surface area contributed by atoms with Crippen molar-refractivity contribution in [2.45, 2.75) is 44.0 Å². The normalized spacial score (nSPS) is 18.4. The fraction of sp³-hybridized carbons (Fsp3) is 0.643. The monoisotopic (exact) mass is 344 g/mol. The van der Waals surface area contributed by atoms with Gasteiger partial charge in [0, 0.05) is 19.2 Å². The lowest BCUT2D eigenvalue weighted by Gasteiger charge is -2.22. The number of rotatable bonds is 3. The lowest BCUT2D eigenvalue weighted by atomic mass is 10.2. The Labute approximate surface area is 140 Å². The summed E-state index contributed by atoms with van der Waals surface area (Å²) in [5.41, 5.74) is -0.490. The molecule has 0 saturated carbocycles. The van der Waals surface area contributed by atoms with Crippen LogP contribution in [-0.4, -0.2) is 47.0 Å². The summed E-state index contributed by atoms with van der Waals surface area (Å²) in [4.78, 5) is 22.5. The van der Waals surface area contributed by atoms with Crippen LogP contribution < -0.4 is 10.2 Å². The summed E-state index contributed by atoms with van der Waals surface area (Å²) in [6.07, 6.45) is 2.37. The van der Waals surface area contributed by atoms with Crippen molar-refractivity contribution in [3.05, 3.63) is 11.2 Å². The van der Waals surface area contributed by atoms with Crippen molar-refractivity contribution >= 4 is 35.3 Å². The average Bonchev–Trinajstić information content (AvgIpc) is 2.84. The van der Waals surface area contributed by atoms with Gasteiger partial charge in [0.25, 0.3) is 0 Å². The van der Waals surface area contributed by atoms with Crippen molar-refractivity contribution in [2.24, 2.45) is 0 Å². The maximum absolute atomic E-state index is 11.8. The fourth-order valence-electron chi connectivity index (χ4n) is 2.20. The summed E-state index contributed by atoms with van der Waals surface area (Å²) < 4.78 is 5.28. The Balaban J connectivity index is 1.95. The second kappa shape index (κ2) is 6.91. The standard InChI is InChI=1S/C14H21ClN4O2S/c1-14(2,3)21-13(20)16-9-5-6-19(8-9)11-7-10(15)17-12(18-11)22-4/h7,9H,5-6,8H2,1-4H3,(H,16,20)/t9-/m1/s1. The summed E-state index contributed by atoms with van der Waals surface area (Å²) in [5.74, 6) is 0.790. The Morgan fingerprint density at radius 1 is 1.50 bits per heavy atom. The van der Waals surface area contributed by atoms with E-state index < -0.39 is 5.60 Å². The number of alkyl carbamates (subject to hydrolysis) is 1. The quantitative estimate of drug-likeness (QED) is 0.516. The van der Waals surface area contributed by atoms with Gasteiger partial charge in [-0.2, -0.15) is 0 Å². The Bertz CT molecular complexity index is 550. The van der Waals surface area contributed by atoms with E-state index in [-0.39, 0.29) is 12.1 Å². The molecule has 1 aliphatic rings. The third-order valence-corrected chi connectivity index (χ3v) is 3.82. The van der Waals surface area contributed by atoms with Crippen LogP contribution in [0.4, 0.5) is 10.6 Å². The second-order valence-electron chi connectivity index (χ2n) is 6.11. The molecular weight excluding hydrogens is 324 g/mol. The van der Waals surface area contributed by atoms with Crippen LogP contribution in [0.15, 0.2) is 11.2 Å². The molecule has 0 spiro atoms. The first kappa shape index (κ1) is 17.1. The number of thioether (sulfide) groups is 1. The Kier molecular flexibility index (Phi) is 5.39. The van der Waals surface area contributed by atoms with Gasteiger partial charge >= 0.3 is 6.09 Å². The first-order chi connectivity index (χ1) is 10.3. The molecule has 6 nitrogen and oxygen atoms in total. The highest BCUT2D eigenvalue weighted by Crippen LogP contribution is 2.23. The molecule has 0 unspecified atom stereocenters. The molecule has 1 N–H and O–H groups in total. The number of anilines is 1. The minimum atomic E-state index is -0.490. The molecule has 1 fully saturated rings. The van der Waals surface area contributed by atoms with Crippen LogP contribution in [0.3, 0.4) is 0 Å². The molecule has 2 heterocycles. The molecule has 1 saturated heterocycles. The maximum Gasteiger partial charge on any atom is 0.407 e. The van der Waals surface area contributed by atoms with E-state index in [4.69, 9.17) is 16.3 Å². The number of amides is 1. The zero-order valence-electron chi connectivity index (χ0n) is 13.2. The Morgan fingerprint density at radius 3 is 2.86 bits per heavy atom. The first-order valence-electron chi connectivity index (χ1n) is 7.10. The summed E-state index contributed by atoms with van der Waals surface area (Å²) in [6, 6.07) is 1.79. The number of aromatic nitrogens is 2. The van der Waals surface area contributed by atoms with Gasteiger partial charge in [0.1, 0.15) is 16.6 Å². The van der Waals surface area contributed by atoms with Crippen LogP contribution in [0.5, 0.6) is 0 Å². The van der Waals surface area contributed by atoms with Gasteiger partial charge in [-0.25, -0.2) is 14.8 Å². The van der Waals surface area contributed by atoms with Crippen LogP contribution in [0, 0.1) is 0 Å². The van der Waals surface area contributed by atoms with Gasteiger partial charge in [0.2, 0.25) is 0 Å². The smallest absolute Gasteiger partial charge is 0.407 e. The van der Waals surface area contributed by atoms with Crippen LogP contribution in [-0.2, 0) is 4.74 Å². The van der Waals surface area contributed by atoms with E-state index in [1.165, 1.54) is 11.8 Å². The van der Waals surface area contributed by atoms with E-state index in [0.29, 0.717) is 16.9 Å². The summed E-state index contributed by atoms with van der Waals surface area (Å²) in [6.45, 7) is 7.03. The molecule has 0 bridgehead atoms. The van der Waals surface area contributed by atoms with Crippen LogP contribution in [0.25, 0.3) is 0 Å². The number of nitrogens with zero attached hydrogens (tertiary/aromatic N) is 3. The molecule has 1 aromatic heterocycles. The summed E-state index contributed by atoms with van der Waals surface area (Å²) in [7, 11) is 0. The molecule has 1 amide bonds. The Morgan fingerprint density at radius 2 is 2.23 bits per heavy atom. The number of carbonyl (C=O) groups excluding carboxylic acids is 1. The number of hydrogen-bond acceptors (Lipinski definition) is 6. The topological polar surface area (TPSA) is 67.4 Å². The number of carbonyl (C=O) groups is 1. The SMILES string of the molecule is CSc1nc(Cl)cc(N2CC[C@@H](NC(=O)OC(C)(C)C)C2)n1. The van der Waals surface area contributed by atoms with Gasteiger partial charge in [-0.05, 0) is 33.4 Å². The van der Waals surface area contributed by atoms with Crippen molar-refractivity contribution < 1.29 is 9.53 Å². The number of hydrogen-bond donors (Lipinski definition) is 1. The van der Waals surface area contributed by atoms with E-state index in [1.807, 2.05) is 27.0 Å². The third-order valence-electron chi connectivity index (χ3n) is 3.08. The van der Waals surface area contributed by atoms with Gasteiger partial charge in [0.15, 0.2) is 5.16 Å². The highest BCUT2D eigenvalue weighted by molar-refractivity contribution is 7.98. The predicted molar refractivity (Wildman–Crippen MR) is 88.8 cm³/mol. The summed E-state index contributed by atoms with van der Waals surface area (Å²) >= 11 is 7.47. The van der Waals surface area contributed by atoms with E-state index in [2.05, 4.69) is 20.2 Å². The average molecular weight is 345 g/mol. The highest BCUT2D eigenvalue weighted by Gasteiger charge is 2.27. The maximum atomic E-state index is 11.8. The lowest BCUT2D eigenvalue weighted by molar-refractivity contribution is 0.0509. The fourth-order valence-corrected chi connectivity index (χ4v) is 2.80. The van der Waals surface area contributed by atoms with E-state index in [9.17, 15) is 4.79 Å². The third kappa shape index (κ3) is 4.91. The molecule has 0 aliphatic carbocycles. The zero-order valence-corrected chi connectivity index (χ0v) is 14.8. The molecule has 2 rings (SSSR count). The van der Waals surface area contributed by atoms with Gasteiger partial charge < -0.3 is 15.0 Å². The molecular formula is C14H21ClN4O2S. The van der Waals surface area contributed by atoms with Crippen LogP contribution in [0.2, 0.25) is 5.15 Å². The number of nitrogens with one attached hydrogen (secondary N) is 1. The number of ether oxygens (including phenoxy) is 1. The molecule has 1 atom stereocenters. The van der Waals surface area contributed by atoms with E-state index in [1.54, 1.807) is 6.07 Å². The first-order valence-corrected chi connectivity index (χ1v) is 8.70. The van der Waals surface area contributed by atoms with E-state index >= 15 is 0 Å². The minimum Gasteiger partial charge on any atom is -0.444 e. The molecule has 0 radical (unpaired) electrons. The second-order valence-corrected chi connectivity index (χ2v) is 7.27. The lowest BCUT2D eigenvalue weighted by Crippen LogP contribution is -2.40. The highest BCUT2D eigenvalue weighted by atomic mass is 35.5. The van der Waals surface area contributed by atoms with Crippen molar-refractivity contribution in [2.75, 3.05) is 24.2 Å². The Hall–Kier alpha value is -1.21. The largest absolute Gasteiger partial charge is 0.444 e.